The molecule has 0 aromatic heterocycles. The number of hydrogen-bond acceptors (Lipinski definition) is 4. The monoisotopic (exact) mass is 190 g/mol. The van der Waals surface area contributed by atoms with E-state index in [0.29, 0.717) is 11.1 Å². The zero-order chi connectivity index (χ0) is 8.97. The standard InChI is InChI=1S/C7H14N2O2S/c1-5(7(8)9-10)4-12-6-2-11-3-6/h5-6,10H,2-4H2,1H3,(H2,8,9). The Labute approximate surface area is 76.1 Å². The van der Waals surface area contributed by atoms with Crippen molar-refractivity contribution in [3.8, 4) is 0 Å². The van der Waals surface area contributed by atoms with Gasteiger partial charge in [0.25, 0.3) is 0 Å². The van der Waals surface area contributed by atoms with Crippen LogP contribution in [0.4, 0.5) is 0 Å². The van der Waals surface area contributed by atoms with Crippen molar-refractivity contribution in [2.45, 2.75) is 12.2 Å². The van der Waals surface area contributed by atoms with E-state index < -0.39 is 0 Å². The largest absolute Gasteiger partial charge is 0.409 e. The summed E-state index contributed by atoms with van der Waals surface area (Å²) in [7, 11) is 0. The Kier molecular flexibility index (Phi) is 3.68. The molecule has 0 aromatic carbocycles. The van der Waals surface area contributed by atoms with Crippen LogP contribution >= 0.6 is 11.8 Å². The first kappa shape index (κ1) is 9.67. The van der Waals surface area contributed by atoms with E-state index in [1.54, 1.807) is 0 Å². The van der Waals surface area contributed by atoms with E-state index in [1.807, 2.05) is 18.7 Å². The highest BCUT2D eigenvalue weighted by molar-refractivity contribution is 8.00. The van der Waals surface area contributed by atoms with Crippen LogP contribution in [-0.4, -0.2) is 35.3 Å². The van der Waals surface area contributed by atoms with Gasteiger partial charge in [-0.1, -0.05) is 12.1 Å². The maximum Gasteiger partial charge on any atom is 0.142 e. The first-order chi connectivity index (χ1) is 5.74. The van der Waals surface area contributed by atoms with E-state index in [0.717, 1.165) is 19.0 Å². The number of nitrogens with zero attached hydrogens (tertiary/aromatic N) is 1. The summed E-state index contributed by atoms with van der Waals surface area (Å²) in [5.74, 6) is 1.34. The van der Waals surface area contributed by atoms with Gasteiger partial charge in [0.1, 0.15) is 5.84 Å². The van der Waals surface area contributed by atoms with Crippen LogP contribution < -0.4 is 5.73 Å². The third-order valence-electron chi connectivity index (χ3n) is 1.81. The van der Waals surface area contributed by atoms with E-state index >= 15 is 0 Å². The SMILES string of the molecule is CC(CSC1COC1)C(N)=NO. The summed E-state index contributed by atoms with van der Waals surface area (Å²) >= 11 is 1.82. The average Bonchev–Trinajstić information content (AvgIpc) is 2.00. The predicted molar refractivity (Wildman–Crippen MR) is 49.6 cm³/mol. The van der Waals surface area contributed by atoms with Crippen molar-refractivity contribution in [2.75, 3.05) is 19.0 Å². The first-order valence-electron chi connectivity index (χ1n) is 3.90. The molecule has 12 heavy (non-hydrogen) atoms. The summed E-state index contributed by atoms with van der Waals surface area (Å²) in [6.45, 7) is 3.63. The Hall–Kier alpha value is -0.420. The van der Waals surface area contributed by atoms with Gasteiger partial charge in [0, 0.05) is 11.7 Å². The van der Waals surface area contributed by atoms with Crippen LogP contribution in [0.5, 0.6) is 0 Å². The fourth-order valence-corrected chi connectivity index (χ4v) is 1.89. The quantitative estimate of drug-likeness (QED) is 0.293. The molecule has 0 saturated carbocycles. The smallest absolute Gasteiger partial charge is 0.142 e. The van der Waals surface area contributed by atoms with Crippen molar-refractivity contribution in [3.63, 3.8) is 0 Å². The van der Waals surface area contributed by atoms with Gasteiger partial charge in [0.05, 0.1) is 18.5 Å². The van der Waals surface area contributed by atoms with Crippen molar-refractivity contribution < 1.29 is 9.94 Å². The Bertz CT molecular complexity index is 171. The Morgan fingerprint density at radius 1 is 1.83 bits per heavy atom. The molecule has 1 saturated heterocycles. The summed E-state index contributed by atoms with van der Waals surface area (Å²) in [6, 6.07) is 0. The van der Waals surface area contributed by atoms with Gasteiger partial charge in [-0.2, -0.15) is 11.8 Å². The van der Waals surface area contributed by atoms with Crippen molar-refractivity contribution in [1.29, 1.82) is 0 Å². The lowest BCUT2D eigenvalue weighted by Gasteiger charge is -2.26. The highest BCUT2D eigenvalue weighted by Crippen LogP contribution is 2.21. The van der Waals surface area contributed by atoms with Gasteiger partial charge in [0.2, 0.25) is 0 Å². The number of nitrogens with two attached hydrogens (primary N) is 1. The Morgan fingerprint density at radius 2 is 2.50 bits per heavy atom. The molecule has 1 fully saturated rings. The lowest BCUT2D eigenvalue weighted by Crippen LogP contribution is -2.32. The lowest BCUT2D eigenvalue weighted by molar-refractivity contribution is 0.0455. The van der Waals surface area contributed by atoms with Crippen LogP contribution in [0.25, 0.3) is 0 Å². The van der Waals surface area contributed by atoms with E-state index in [1.165, 1.54) is 0 Å². The number of hydrogen-bond donors (Lipinski definition) is 2. The van der Waals surface area contributed by atoms with Crippen LogP contribution in [0, 0.1) is 5.92 Å². The second-order valence-corrected chi connectivity index (χ2v) is 4.25. The van der Waals surface area contributed by atoms with Gasteiger partial charge >= 0.3 is 0 Å². The summed E-state index contributed by atoms with van der Waals surface area (Å²) < 4.78 is 5.02. The van der Waals surface area contributed by atoms with Crippen molar-refractivity contribution >= 4 is 17.6 Å². The second-order valence-electron chi connectivity index (χ2n) is 2.92. The van der Waals surface area contributed by atoms with E-state index in [2.05, 4.69) is 5.16 Å². The van der Waals surface area contributed by atoms with Crippen molar-refractivity contribution in [3.05, 3.63) is 0 Å². The number of ether oxygens (including phenoxy) is 1. The van der Waals surface area contributed by atoms with Gasteiger partial charge in [0.15, 0.2) is 0 Å². The molecule has 1 rings (SSSR count). The second kappa shape index (κ2) is 4.57. The lowest BCUT2D eigenvalue weighted by atomic mass is 10.2. The van der Waals surface area contributed by atoms with Crippen molar-refractivity contribution in [1.82, 2.24) is 0 Å². The van der Waals surface area contributed by atoms with Crippen LogP contribution in [0.2, 0.25) is 0 Å². The average molecular weight is 190 g/mol. The molecular weight excluding hydrogens is 176 g/mol. The van der Waals surface area contributed by atoms with E-state index in [9.17, 15) is 0 Å². The third kappa shape index (κ3) is 2.57. The molecule has 0 radical (unpaired) electrons. The number of thioether (sulfide) groups is 1. The molecule has 1 heterocycles. The highest BCUT2D eigenvalue weighted by Gasteiger charge is 2.20. The van der Waals surface area contributed by atoms with Gasteiger partial charge in [-0.05, 0) is 0 Å². The molecule has 0 aromatic rings. The highest BCUT2D eigenvalue weighted by atomic mass is 32.2. The minimum Gasteiger partial charge on any atom is -0.409 e. The maximum absolute atomic E-state index is 8.37. The fraction of sp³-hybridized carbons (Fsp3) is 0.857. The molecule has 0 aliphatic carbocycles. The van der Waals surface area contributed by atoms with Crippen LogP contribution in [0.1, 0.15) is 6.92 Å². The summed E-state index contributed by atoms with van der Waals surface area (Å²) in [5, 5.41) is 11.9. The molecule has 4 nitrogen and oxygen atoms in total. The molecule has 0 amide bonds. The molecule has 0 spiro atoms. The zero-order valence-electron chi connectivity index (χ0n) is 7.06. The summed E-state index contributed by atoms with van der Waals surface area (Å²) in [6.07, 6.45) is 0. The minimum absolute atomic E-state index is 0.139. The topological polar surface area (TPSA) is 67.8 Å². The van der Waals surface area contributed by atoms with E-state index in [4.69, 9.17) is 15.7 Å². The third-order valence-corrected chi connectivity index (χ3v) is 3.25. The van der Waals surface area contributed by atoms with Gasteiger partial charge < -0.3 is 15.7 Å². The van der Waals surface area contributed by atoms with Gasteiger partial charge in [-0.25, -0.2) is 0 Å². The van der Waals surface area contributed by atoms with Crippen LogP contribution in [0.15, 0.2) is 5.16 Å². The molecule has 0 bridgehead atoms. The van der Waals surface area contributed by atoms with Gasteiger partial charge in [-0.3, -0.25) is 0 Å². The molecular formula is C7H14N2O2S. The Morgan fingerprint density at radius 3 is 2.92 bits per heavy atom. The fourth-order valence-electron chi connectivity index (χ4n) is 0.775. The number of amidine groups is 1. The van der Waals surface area contributed by atoms with Gasteiger partial charge in [-0.15, -0.1) is 0 Å². The molecule has 1 atom stereocenters. The van der Waals surface area contributed by atoms with Crippen LogP contribution in [0.3, 0.4) is 0 Å². The molecule has 3 N–H and O–H groups in total. The normalized spacial score (nSPS) is 21.9. The maximum atomic E-state index is 8.37. The number of oxime groups is 1. The summed E-state index contributed by atoms with van der Waals surface area (Å²) in [4.78, 5) is 0. The molecule has 5 heteroatoms. The Balaban J connectivity index is 2.12. The van der Waals surface area contributed by atoms with Crippen LogP contribution in [-0.2, 0) is 4.74 Å². The summed E-state index contributed by atoms with van der Waals surface area (Å²) in [5.41, 5.74) is 5.42. The molecule has 1 aliphatic heterocycles. The molecule has 70 valence electrons. The minimum atomic E-state index is 0.139. The first-order valence-corrected chi connectivity index (χ1v) is 4.95. The number of rotatable bonds is 4. The van der Waals surface area contributed by atoms with E-state index in [-0.39, 0.29) is 5.92 Å². The van der Waals surface area contributed by atoms with Crippen molar-refractivity contribution in [2.24, 2.45) is 16.8 Å². The molecule has 1 aliphatic rings. The predicted octanol–water partition coefficient (Wildman–Crippen LogP) is 0.501. The zero-order valence-corrected chi connectivity index (χ0v) is 7.88. The molecule has 1 unspecified atom stereocenters.